The van der Waals surface area contributed by atoms with Crippen molar-refractivity contribution < 1.29 is 19.1 Å². The van der Waals surface area contributed by atoms with Crippen LogP contribution in [0.15, 0.2) is 36.4 Å². The number of nitrogens with one attached hydrogen (secondary N) is 1. The molecule has 1 aliphatic heterocycles. The predicted octanol–water partition coefficient (Wildman–Crippen LogP) is 3.44. The number of nitrogens with zero attached hydrogens (tertiary/aromatic N) is 1. The van der Waals surface area contributed by atoms with E-state index >= 15 is 0 Å². The van der Waals surface area contributed by atoms with Crippen molar-refractivity contribution in [2.24, 2.45) is 0 Å². The monoisotopic (exact) mass is 388 g/mol. The molecule has 0 aromatic heterocycles. The molecule has 3 rings (SSSR count). The van der Waals surface area contributed by atoms with Crippen LogP contribution >= 0.6 is 11.6 Å². The Morgan fingerprint density at radius 1 is 1.15 bits per heavy atom. The van der Waals surface area contributed by atoms with Gasteiger partial charge in [-0.05, 0) is 42.3 Å². The van der Waals surface area contributed by atoms with E-state index in [1.54, 1.807) is 17.0 Å². The molecular formula is C20H21ClN2O4. The number of hydrogen-bond acceptors (Lipinski definition) is 4. The van der Waals surface area contributed by atoms with Gasteiger partial charge in [0, 0.05) is 37.1 Å². The van der Waals surface area contributed by atoms with Crippen molar-refractivity contribution in [3.8, 4) is 11.5 Å². The number of carbonyl (C=O) groups excluding carboxylic acids is 2. The van der Waals surface area contributed by atoms with Gasteiger partial charge in [-0.2, -0.15) is 0 Å². The first kappa shape index (κ1) is 19.0. The quantitative estimate of drug-likeness (QED) is 0.823. The van der Waals surface area contributed by atoms with E-state index in [-0.39, 0.29) is 31.6 Å². The van der Waals surface area contributed by atoms with E-state index in [0.29, 0.717) is 23.1 Å². The summed E-state index contributed by atoms with van der Waals surface area (Å²) in [5, 5.41) is 3.41. The van der Waals surface area contributed by atoms with Gasteiger partial charge >= 0.3 is 0 Å². The van der Waals surface area contributed by atoms with E-state index in [1.165, 1.54) is 6.92 Å². The largest absolute Gasteiger partial charge is 0.454 e. The Bertz CT molecular complexity index is 869. The topological polar surface area (TPSA) is 67.9 Å². The van der Waals surface area contributed by atoms with Crippen molar-refractivity contribution in [2.45, 2.75) is 26.8 Å². The zero-order chi connectivity index (χ0) is 19.4. The molecule has 0 unspecified atom stereocenters. The summed E-state index contributed by atoms with van der Waals surface area (Å²) < 4.78 is 10.6. The number of rotatable bonds is 6. The van der Waals surface area contributed by atoms with Crippen LogP contribution in [0.5, 0.6) is 11.5 Å². The van der Waals surface area contributed by atoms with Gasteiger partial charge in [-0.15, -0.1) is 0 Å². The lowest BCUT2D eigenvalue weighted by Gasteiger charge is -2.23. The summed E-state index contributed by atoms with van der Waals surface area (Å²) in [6, 6.07) is 10.9. The summed E-state index contributed by atoms with van der Waals surface area (Å²) in [7, 11) is 0. The first-order valence-corrected chi connectivity index (χ1v) is 9.01. The minimum absolute atomic E-state index is 0.135. The van der Waals surface area contributed by atoms with Crippen molar-refractivity contribution in [3.05, 3.63) is 52.5 Å². The summed E-state index contributed by atoms with van der Waals surface area (Å²) >= 11 is 6.05. The fourth-order valence-corrected chi connectivity index (χ4v) is 3.04. The highest BCUT2D eigenvalue weighted by Crippen LogP contribution is 2.32. The number of aryl methyl sites for hydroxylation is 1. The molecule has 0 spiro atoms. The van der Waals surface area contributed by atoms with E-state index in [9.17, 15) is 9.59 Å². The number of anilines is 1. The van der Waals surface area contributed by atoms with Crippen LogP contribution < -0.4 is 19.7 Å². The lowest BCUT2D eigenvalue weighted by molar-refractivity contribution is -0.121. The predicted molar refractivity (Wildman–Crippen MR) is 103 cm³/mol. The molecule has 1 N–H and O–H groups in total. The zero-order valence-corrected chi connectivity index (χ0v) is 16.0. The molecule has 2 amide bonds. The lowest BCUT2D eigenvalue weighted by Crippen LogP contribution is -2.34. The summed E-state index contributed by atoms with van der Waals surface area (Å²) in [5.74, 6) is 1.11. The molecule has 7 heteroatoms. The number of ether oxygens (including phenoxy) is 2. The molecule has 2 aromatic carbocycles. The summed E-state index contributed by atoms with van der Waals surface area (Å²) in [5.41, 5.74) is 2.57. The van der Waals surface area contributed by atoms with E-state index in [4.69, 9.17) is 21.1 Å². The second-order valence-electron chi connectivity index (χ2n) is 6.32. The van der Waals surface area contributed by atoms with Crippen LogP contribution in [0.3, 0.4) is 0 Å². The highest BCUT2D eigenvalue weighted by molar-refractivity contribution is 6.31. The Labute approximate surface area is 163 Å². The zero-order valence-electron chi connectivity index (χ0n) is 15.3. The molecule has 2 aromatic rings. The van der Waals surface area contributed by atoms with E-state index < -0.39 is 0 Å². The lowest BCUT2D eigenvalue weighted by atomic mass is 10.1. The van der Waals surface area contributed by atoms with Crippen molar-refractivity contribution in [3.63, 3.8) is 0 Å². The molecule has 6 nitrogen and oxygen atoms in total. The van der Waals surface area contributed by atoms with E-state index in [2.05, 4.69) is 5.32 Å². The molecule has 1 heterocycles. The molecular weight excluding hydrogens is 368 g/mol. The number of hydrogen-bond donors (Lipinski definition) is 1. The van der Waals surface area contributed by atoms with Crippen molar-refractivity contribution >= 4 is 29.1 Å². The maximum atomic E-state index is 12.2. The minimum Gasteiger partial charge on any atom is -0.454 e. The Kier molecular flexibility index (Phi) is 5.86. The van der Waals surface area contributed by atoms with Crippen LogP contribution in [0.4, 0.5) is 5.69 Å². The molecule has 0 fully saturated rings. The van der Waals surface area contributed by atoms with Crippen LogP contribution in [0.2, 0.25) is 5.02 Å². The SMILES string of the molecule is CC(=O)N(CCC(=O)NCc1ccc2c(c1)OCO2)c1cc(Cl)ccc1C. The smallest absolute Gasteiger partial charge is 0.231 e. The van der Waals surface area contributed by atoms with Gasteiger partial charge in [-0.25, -0.2) is 0 Å². The fraction of sp³-hybridized carbons (Fsp3) is 0.300. The van der Waals surface area contributed by atoms with Crippen LogP contribution in [-0.2, 0) is 16.1 Å². The van der Waals surface area contributed by atoms with Crippen LogP contribution in [0.25, 0.3) is 0 Å². The number of amides is 2. The highest BCUT2D eigenvalue weighted by atomic mass is 35.5. The number of halogens is 1. The van der Waals surface area contributed by atoms with Gasteiger partial charge in [0.25, 0.3) is 0 Å². The van der Waals surface area contributed by atoms with Gasteiger partial charge in [-0.3, -0.25) is 9.59 Å². The minimum atomic E-state index is -0.140. The molecule has 27 heavy (non-hydrogen) atoms. The van der Waals surface area contributed by atoms with Gasteiger partial charge in [0.2, 0.25) is 18.6 Å². The Morgan fingerprint density at radius 2 is 1.93 bits per heavy atom. The first-order chi connectivity index (χ1) is 12.9. The molecule has 0 aliphatic carbocycles. The van der Waals surface area contributed by atoms with Crippen molar-refractivity contribution in [1.29, 1.82) is 0 Å². The van der Waals surface area contributed by atoms with Gasteiger partial charge in [0.15, 0.2) is 11.5 Å². The van der Waals surface area contributed by atoms with E-state index in [0.717, 1.165) is 16.8 Å². The number of carbonyl (C=O) groups is 2. The Hall–Kier alpha value is -2.73. The van der Waals surface area contributed by atoms with Crippen LogP contribution in [-0.4, -0.2) is 25.2 Å². The van der Waals surface area contributed by atoms with Gasteiger partial charge in [0.1, 0.15) is 0 Å². The second-order valence-corrected chi connectivity index (χ2v) is 6.75. The molecule has 142 valence electrons. The third kappa shape index (κ3) is 4.71. The number of benzene rings is 2. The van der Waals surface area contributed by atoms with Crippen LogP contribution in [0, 0.1) is 6.92 Å². The fourth-order valence-electron chi connectivity index (χ4n) is 2.87. The third-order valence-corrected chi connectivity index (χ3v) is 4.57. The van der Waals surface area contributed by atoms with Gasteiger partial charge in [0.05, 0.1) is 0 Å². The van der Waals surface area contributed by atoms with Crippen LogP contribution in [0.1, 0.15) is 24.5 Å². The summed E-state index contributed by atoms with van der Waals surface area (Å²) in [4.78, 5) is 25.8. The van der Waals surface area contributed by atoms with Gasteiger partial charge < -0.3 is 19.7 Å². The molecule has 0 saturated carbocycles. The first-order valence-electron chi connectivity index (χ1n) is 8.63. The summed E-state index contributed by atoms with van der Waals surface area (Å²) in [6.07, 6.45) is 0.191. The Balaban J connectivity index is 1.56. The standard InChI is InChI=1S/C20H21ClN2O4/c1-13-3-5-16(21)10-17(13)23(14(2)24)8-7-20(25)22-11-15-4-6-18-19(9-15)27-12-26-18/h3-6,9-10H,7-8,11-12H2,1-2H3,(H,22,25). The molecule has 0 radical (unpaired) electrons. The highest BCUT2D eigenvalue weighted by Gasteiger charge is 2.17. The average molecular weight is 389 g/mol. The normalized spacial score (nSPS) is 12.0. The van der Waals surface area contributed by atoms with Gasteiger partial charge in [-0.1, -0.05) is 23.7 Å². The maximum absolute atomic E-state index is 12.2. The summed E-state index contributed by atoms with van der Waals surface area (Å²) in [6.45, 7) is 4.26. The van der Waals surface area contributed by atoms with Crippen molar-refractivity contribution in [1.82, 2.24) is 5.32 Å². The molecule has 0 saturated heterocycles. The maximum Gasteiger partial charge on any atom is 0.231 e. The Morgan fingerprint density at radius 3 is 2.70 bits per heavy atom. The molecule has 0 atom stereocenters. The van der Waals surface area contributed by atoms with E-state index in [1.807, 2.05) is 31.2 Å². The molecule has 0 bridgehead atoms. The van der Waals surface area contributed by atoms with Crippen molar-refractivity contribution in [2.75, 3.05) is 18.2 Å². The average Bonchev–Trinajstić information content (AvgIpc) is 3.10. The number of fused-ring (bicyclic) bond motifs is 1. The second kappa shape index (κ2) is 8.31. The molecule has 1 aliphatic rings. The third-order valence-electron chi connectivity index (χ3n) is 4.33.